The second kappa shape index (κ2) is 7.27. The van der Waals surface area contributed by atoms with Crippen LogP contribution in [0.3, 0.4) is 0 Å². The van der Waals surface area contributed by atoms with E-state index >= 15 is 0 Å². The zero-order valence-electron chi connectivity index (χ0n) is 12.5. The number of hydrogen-bond acceptors (Lipinski definition) is 3. The molecule has 0 rings (SSSR count). The molecular weight excluding hydrogens is 248 g/mol. The Labute approximate surface area is 112 Å². The normalized spacial score (nSPS) is 15.7. The van der Waals surface area contributed by atoms with Gasteiger partial charge in [-0.1, -0.05) is 27.2 Å². The van der Waals surface area contributed by atoms with Gasteiger partial charge in [0.05, 0.1) is 11.0 Å². The predicted molar refractivity (Wildman–Crippen MR) is 76.5 cm³/mol. The van der Waals surface area contributed by atoms with Gasteiger partial charge in [-0.15, -0.1) is 0 Å². The number of ketones is 1. The maximum Gasteiger partial charge on any atom is 0.153 e. The number of Topliss-reactive ketones (excluding diaryl/α,β-unsaturated/α-hetero) is 1. The molecule has 108 valence electrons. The number of carbonyl (C=O) groups excluding carboxylic acids is 1. The van der Waals surface area contributed by atoms with E-state index in [0.717, 1.165) is 12.8 Å². The molecule has 0 amide bonds. The first-order chi connectivity index (χ1) is 8.25. The Bertz CT molecular complexity index is 357. The molecular formula is C14H28O3S. The van der Waals surface area contributed by atoms with Gasteiger partial charge in [-0.05, 0) is 33.1 Å². The average molecular weight is 276 g/mol. The van der Waals surface area contributed by atoms with Crippen molar-refractivity contribution < 1.29 is 13.2 Å². The summed E-state index contributed by atoms with van der Waals surface area (Å²) in [5.41, 5.74) is -0.659. The molecule has 0 aromatic carbocycles. The third-order valence-electron chi connectivity index (χ3n) is 3.67. The molecule has 0 radical (unpaired) electrons. The maximum atomic E-state index is 12.3. The average Bonchev–Trinajstić information content (AvgIpc) is 2.28. The number of carbonyl (C=O) groups is 1. The fourth-order valence-corrected chi connectivity index (χ4v) is 3.90. The van der Waals surface area contributed by atoms with Gasteiger partial charge in [-0.2, -0.15) is 0 Å². The highest BCUT2D eigenvalue weighted by Gasteiger charge is 2.39. The zero-order valence-corrected chi connectivity index (χ0v) is 13.3. The van der Waals surface area contributed by atoms with Gasteiger partial charge >= 0.3 is 0 Å². The van der Waals surface area contributed by atoms with Crippen molar-refractivity contribution in [2.24, 2.45) is 5.41 Å². The monoisotopic (exact) mass is 276 g/mol. The molecule has 0 aliphatic heterocycles. The molecule has 0 saturated heterocycles. The second-order valence-electron chi connectivity index (χ2n) is 5.41. The van der Waals surface area contributed by atoms with E-state index in [1.807, 2.05) is 20.8 Å². The second-order valence-corrected chi connectivity index (χ2v) is 7.97. The SMILES string of the molecule is CCCC(=O)[C@](CC)(CCC)CS(=O)(=O)C(C)C. The van der Waals surface area contributed by atoms with Crippen molar-refractivity contribution >= 4 is 15.6 Å². The molecule has 0 aromatic heterocycles. The summed E-state index contributed by atoms with van der Waals surface area (Å²) >= 11 is 0. The summed E-state index contributed by atoms with van der Waals surface area (Å²) in [4.78, 5) is 12.3. The minimum atomic E-state index is -3.17. The Morgan fingerprint density at radius 2 is 1.67 bits per heavy atom. The van der Waals surface area contributed by atoms with Gasteiger partial charge in [0.1, 0.15) is 5.78 Å². The Balaban J connectivity index is 5.28. The predicted octanol–water partition coefficient (Wildman–Crippen LogP) is 3.38. The van der Waals surface area contributed by atoms with Crippen molar-refractivity contribution in [1.29, 1.82) is 0 Å². The first kappa shape index (κ1) is 17.6. The summed E-state index contributed by atoms with van der Waals surface area (Å²) in [7, 11) is -3.17. The van der Waals surface area contributed by atoms with E-state index in [1.165, 1.54) is 0 Å². The molecule has 0 spiro atoms. The highest BCUT2D eigenvalue weighted by molar-refractivity contribution is 7.92. The number of sulfone groups is 1. The highest BCUT2D eigenvalue weighted by Crippen LogP contribution is 2.34. The van der Waals surface area contributed by atoms with Crippen LogP contribution in [0.2, 0.25) is 0 Å². The lowest BCUT2D eigenvalue weighted by Gasteiger charge is -2.31. The molecule has 18 heavy (non-hydrogen) atoms. The van der Waals surface area contributed by atoms with Crippen LogP contribution in [0.15, 0.2) is 0 Å². The smallest absolute Gasteiger partial charge is 0.153 e. The molecule has 0 fully saturated rings. The van der Waals surface area contributed by atoms with Crippen LogP contribution >= 0.6 is 0 Å². The van der Waals surface area contributed by atoms with Crippen LogP contribution in [-0.2, 0) is 14.6 Å². The largest absolute Gasteiger partial charge is 0.299 e. The molecule has 3 nitrogen and oxygen atoms in total. The quantitative estimate of drug-likeness (QED) is 0.648. The maximum absolute atomic E-state index is 12.3. The third kappa shape index (κ3) is 4.38. The van der Waals surface area contributed by atoms with Crippen LogP contribution < -0.4 is 0 Å². The van der Waals surface area contributed by atoms with Crippen molar-refractivity contribution in [2.75, 3.05) is 5.75 Å². The van der Waals surface area contributed by atoms with E-state index in [4.69, 9.17) is 0 Å². The van der Waals surface area contributed by atoms with E-state index in [0.29, 0.717) is 19.3 Å². The fourth-order valence-electron chi connectivity index (χ4n) is 2.29. The summed E-state index contributed by atoms with van der Waals surface area (Å²) < 4.78 is 24.3. The minimum Gasteiger partial charge on any atom is -0.299 e. The van der Waals surface area contributed by atoms with E-state index in [1.54, 1.807) is 13.8 Å². The van der Waals surface area contributed by atoms with Crippen LogP contribution in [0.4, 0.5) is 0 Å². The van der Waals surface area contributed by atoms with Crippen molar-refractivity contribution in [3.8, 4) is 0 Å². The topological polar surface area (TPSA) is 51.2 Å². The van der Waals surface area contributed by atoms with Crippen LogP contribution in [-0.4, -0.2) is 25.2 Å². The molecule has 0 saturated carbocycles. The van der Waals surface area contributed by atoms with Gasteiger partial charge in [0.25, 0.3) is 0 Å². The molecule has 0 unspecified atom stereocenters. The molecule has 0 heterocycles. The van der Waals surface area contributed by atoms with E-state index in [9.17, 15) is 13.2 Å². The molecule has 0 bridgehead atoms. The first-order valence-corrected chi connectivity index (χ1v) is 8.72. The zero-order chi connectivity index (χ0) is 14.4. The van der Waals surface area contributed by atoms with Gasteiger partial charge in [-0.25, -0.2) is 8.42 Å². The summed E-state index contributed by atoms with van der Waals surface area (Å²) in [6.07, 6.45) is 3.41. The van der Waals surface area contributed by atoms with Gasteiger partial charge in [-0.3, -0.25) is 4.79 Å². The van der Waals surface area contributed by atoms with Gasteiger partial charge in [0, 0.05) is 11.8 Å². The van der Waals surface area contributed by atoms with Crippen molar-refractivity contribution in [2.45, 2.75) is 72.0 Å². The summed E-state index contributed by atoms with van der Waals surface area (Å²) in [5.74, 6) is 0.138. The summed E-state index contributed by atoms with van der Waals surface area (Å²) in [5, 5.41) is -0.408. The number of rotatable bonds is 9. The molecule has 0 aliphatic carbocycles. The molecule has 0 aromatic rings. The lowest BCUT2D eigenvalue weighted by atomic mass is 9.77. The van der Waals surface area contributed by atoms with Crippen LogP contribution in [0.5, 0.6) is 0 Å². The Morgan fingerprint density at radius 3 is 2.00 bits per heavy atom. The standard InChI is InChI=1S/C14H28O3S/c1-6-9-13(15)14(8-3,10-7-2)11-18(16,17)12(4)5/h12H,6-11H2,1-5H3/t14-/m1/s1. The molecule has 0 aliphatic rings. The van der Waals surface area contributed by atoms with Gasteiger partial charge in [0.2, 0.25) is 0 Å². The molecule has 0 N–H and O–H groups in total. The van der Waals surface area contributed by atoms with E-state index < -0.39 is 20.5 Å². The van der Waals surface area contributed by atoms with Crippen LogP contribution in [0.25, 0.3) is 0 Å². The molecule has 4 heteroatoms. The first-order valence-electron chi connectivity index (χ1n) is 7.00. The fraction of sp³-hybridized carbons (Fsp3) is 0.929. The Morgan fingerprint density at radius 1 is 1.11 bits per heavy atom. The Hall–Kier alpha value is -0.380. The Kier molecular flexibility index (Phi) is 7.11. The van der Waals surface area contributed by atoms with Crippen LogP contribution in [0.1, 0.15) is 66.7 Å². The van der Waals surface area contributed by atoms with Gasteiger partial charge in [0.15, 0.2) is 9.84 Å². The summed E-state index contributed by atoms with van der Waals surface area (Å²) in [6.45, 7) is 9.27. The highest BCUT2D eigenvalue weighted by atomic mass is 32.2. The van der Waals surface area contributed by atoms with Crippen molar-refractivity contribution in [3.05, 3.63) is 0 Å². The lowest BCUT2D eigenvalue weighted by Crippen LogP contribution is -2.39. The third-order valence-corrected chi connectivity index (χ3v) is 6.06. The van der Waals surface area contributed by atoms with Crippen molar-refractivity contribution in [3.63, 3.8) is 0 Å². The van der Waals surface area contributed by atoms with Crippen molar-refractivity contribution in [1.82, 2.24) is 0 Å². The lowest BCUT2D eigenvalue weighted by molar-refractivity contribution is -0.128. The minimum absolute atomic E-state index is 0.0147. The number of hydrogen-bond donors (Lipinski definition) is 0. The van der Waals surface area contributed by atoms with Crippen LogP contribution in [0, 0.1) is 5.41 Å². The van der Waals surface area contributed by atoms with Gasteiger partial charge < -0.3 is 0 Å². The molecule has 1 atom stereocenters. The van der Waals surface area contributed by atoms with E-state index in [-0.39, 0.29) is 11.5 Å². The van der Waals surface area contributed by atoms with E-state index in [2.05, 4.69) is 0 Å². The summed E-state index contributed by atoms with van der Waals surface area (Å²) in [6, 6.07) is 0.